The second kappa shape index (κ2) is 16.6. The predicted molar refractivity (Wildman–Crippen MR) is 224 cm³/mol. The molecule has 16 heteroatoms. The number of nitrogens with two attached hydrogens (primary N) is 2. The van der Waals surface area contributed by atoms with Gasteiger partial charge in [-0.2, -0.15) is 15.5 Å². The summed E-state index contributed by atoms with van der Waals surface area (Å²) < 4.78 is 8.16. The molecule has 0 bridgehead atoms. The highest BCUT2D eigenvalue weighted by molar-refractivity contribution is 6.12. The number of benzene rings is 4. The molecule has 6 N–H and O–H groups in total. The molecule has 9 rings (SSSR count). The highest BCUT2D eigenvalue weighted by Crippen LogP contribution is 2.28. The molecule has 2 fully saturated rings. The number of nitriles is 1. The maximum absolute atomic E-state index is 13.2. The van der Waals surface area contributed by atoms with Crippen molar-refractivity contribution in [2.75, 3.05) is 11.5 Å². The summed E-state index contributed by atoms with van der Waals surface area (Å²) in [4.78, 5) is 50.9. The average molecular weight is 814 g/mol. The van der Waals surface area contributed by atoms with E-state index in [1.807, 2.05) is 32.0 Å². The van der Waals surface area contributed by atoms with E-state index in [1.54, 1.807) is 66.7 Å². The number of rotatable bonds is 11. The molecule has 2 aliphatic rings. The number of nitrogens with zero attached hydrogens (tertiary/aromatic N) is 7. The zero-order valence-corrected chi connectivity index (χ0v) is 33.1. The largest absolute Gasteiger partial charge is 0.423 e. The highest BCUT2D eigenvalue weighted by atomic mass is 16.4. The lowest BCUT2D eigenvalue weighted by molar-refractivity contribution is 0.0942. The second-order valence-corrected chi connectivity index (χ2v) is 14.9. The van der Waals surface area contributed by atoms with E-state index in [-0.39, 0.29) is 58.2 Å². The summed E-state index contributed by atoms with van der Waals surface area (Å²) in [7, 11) is 0. The number of nitrogen functional groups attached to an aromatic ring is 2. The summed E-state index contributed by atoms with van der Waals surface area (Å²) in [6, 6.07) is 26.5. The summed E-state index contributed by atoms with van der Waals surface area (Å²) in [6.07, 6.45) is 8.11. The van der Waals surface area contributed by atoms with Crippen LogP contribution in [0, 0.1) is 25.2 Å². The van der Waals surface area contributed by atoms with Gasteiger partial charge >= 0.3 is 0 Å². The van der Waals surface area contributed by atoms with Crippen LogP contribution in [0.15, 0.2) is 108 Å². The van der Waals surface area contributed by atoms with Crippen molar-refractivity contribution in [3.8, 4) is 28.9 Å². The molecular weight excluding hydrogens is 775 g/mol. The minimum atomic E-state index is -0.314. The first-order valence-corrected chi connectivity index (χ1v) is 19.5. The second-order valence-electron chi connectivity index (χ2n) is 14.9. The molecule has 7 aromatic rings. The zero-order chi connectivity index (χ0) is 42.8. The van der Waals surface area contributed by atoms with Crippen LogP contribution in [0.25, 0.3) is 22.8 Å². The van der Waals surface area contributed by atoms with Crippen molar-refractivity contribution in [1.29, 1.82) is 5.26 Å². The van der Waals surface area contributed by atoms with Gasteiger partial charge in [-0.15, -0.1) is 10.2 Å². The molecule has 0 spiro atoms. The molecule has 2 aliphatic carbocycles. The number of nitrogens with one attached hydrogen (secondary N) is 2. The van der Waals surface area contributed by atoms with Gasteiger partial charge in [0.1, 0.15) is 11.6 Å². The van der Waals surface area contributed by atoms with Gasteiger partial charge in [0, 0.05) is 39.9 Å². The summed E-state index contributed by atoms with van der Waals surface area (Å²) in [5, 5.41) is 31.1. The van der Waals surface area contributed by atoms with E-state index >= 15 is 0 Å². The molecule has 3 aromatic heterocycles. The molecule has 2 amide bonds. The average Bonchev–Trinajstić information content (AvgIpc) is 4.13. The van der Waals surface area contributed by atoms with Gasteiger partial charge in [-0.25, -0.2) is 9.36 Å². The van der Waals surface area contributed by atoms with Gasteiger partial charge in [0.05, 0.1) is 46.5 Å². The van der Waals surface area contributed by atoms with Crippen molar-refractivity contribution >= 4 is 35.0 Å². The van der Waals surface area contributed by atoms with Crippen LogP contribution in [0.5, 0.6) is 0 Å². The van der Waals surface area contributed by atoms with Crippen molar-refractivity contribution < 1.29 is 23.6 Å². The van der Waals surface area contributed by atoms with E-state index in [9.17, 15) is 19.2 Å². The van der Waals surface area contributed by atoms with Crippen LogP contribution in [0.2, 0.25) is 0 Å². The Morgan fingerprint density at radius 1 is 0.689 bits per heavy atom. The van der Waals surface area contributed by atoms with Gasteiger partial charge in [-0.3, -0.25) is 19.2 Å². The lowest BCUT2D eigenvalue weighted by atomic mass is 10.0. The van der Waals surface area contributed by atoms with Crippen molar-refractivity contribution in [2.45, 2.75) is 51.6 Å². The number of ketones is 2. The van der Waals surface area contributed by atoms with Crippen LogP contribution in [0.3, 0.4) is 0 Å². The SMILES string of the molecule is Cc1ccc(C(=O)NC2CC2)cc1-n1ncc(C(=O)c2cccc(-c3nnco3)c2)c1N.Cc1ccc(C(=O)NC2CC2)cc1-n1ncc(C(=O)c2cccc(C#N)c2)c1N. The molecule has 304 valence electrons. The van der Waals surface area contributed by atoms with Crippen molar-refractivity contribution in [3.63, 3.8) is 0 Å². The van der Waals surface area contributed by atoms with E-state index in [1.165, 1.54) is 34.2 Å². The van der Waals surface area contributed by atoms with Gasteiger partial charge in [0.15, 0.2) is 11.6 Å². The Labute approximate surface area is 349 Å². The third-order valence-corrected chi connectivity index (χ3v) is 10.3. The highest BCUT2D eigenvalue weighted by Gasteiger charge is 2.26. The van der Waals surface area contributed by atoms with Gasteiger partial charge in [0.2, 0.25) is 12.3 Å². The number of amides is 2. The van der Waals surface area contributed by atoms with Crippen molar-refractivity contribution in [2.24, 2.45) is 0 Å². The Balaban J connectivity index is 0.000000169. The summed E-state index contributed by atoms with van der Waals surface area (Å²) >= 11 is 0. The van der Waals surface area contributed by atoms with Gasteiger partial charge in [-0.1, -0.05) is 36.4 Å². The predicted octanol–water partition coefficient (Wildman–Crippen LogP) is 5.69. The van der Waals surface area contributed by atoms with E-state index < -0.39 is 0 Å². The topological polar surface area (TPSA) is 243 Å². The fourth-order valence-corrected chi connectivity index (χ4v) is 6.53. The normalized spacial score (nSPS) is 13.1. The Kier molecular flexibility index (Phi) is 10.8. The molecule has 0 unspecified atom stereocenters. The molecule has 0 atom stereocenters. The molecule has 2 saturated carbocycles. The summed E-state index contributed by atoms with van der Waals surface area (Å²) in [5.41, 5.74) is 18.9. The van der Waals surface area contributed by atoms with Gasteiger partial charge in [-0.05, 0) is 99.2 Å². The van der Waals surface area contributed by atoms with Crippen molar-refractivity contribution in [3.05, 3.63) is 154 Å². The molecule has 61 heavy (non-hydrogen) atoms. The van der Waals surface area contributed by atoms with Crippen LogP contribution in [0.4, 0.5) is 11.6 Å². The minimum absolute atomic E-state index is 0.131. The standard InChI is InChI=1S/C23H20N6O3.C22H19N5O2/c1-13-5-6-15(22(31)27-17-7-8-17)10-19(13)29-21(24)18(11-26-29)20(30)14-3-2-4-16(9-14)23-28-25-12-32-23;1-13-5-6-16(22(29)26-17-7-8-17)10-19(13)27-21(24)18(12-25-27)20(28)15-4-2-3-14(9-15)11-23/h2-6,9-12,17H,7-8,24H2,1H3,(H,27,31);2-6,9-10,12,17H,7-8,24H2,1H3,(H,26,29). The number of anilines is 2. The fraction of sp³-hybridized carbons (Fsp3) is 0.178. The van der Waals surface area contributed by atoms with Crippen LogP contribution < -0.4 is 22.1 Å². The Morgan fingerprint density at radius 3 is 1.67 bits per heavy atom. The molecule has 0 radical (unpaired) electrons. The molecule has 0 aliphatic heterocycles. The van der Waals surface area contributed by atoms with E-state index in [0.29, 0.717) is 50.6 Å². The monoisotopic (exact) mass is 813 g/mol. The number of hydrogen-bond acceptors (Lipinski definition) is 12. The number of carbonyl (C=O) groups is 4. The Hall–Kier alpha value is -8.19. The van der Waals surface area contributed by atoms with E-state index in [4.69, 9.17) is 21.1 Å². The first-order valence-electron chi connectivity index (χ1n) is 19.5. The molecule has 0 saturated heterocycles. The number of aromatic nitrogens is 6. The first-order chi connectivity index (χ1) is 29.5. The fourth-order valence-electron chi connectivity index (χ4n) is 6.53. The number of aryl methyl sites for hydroxylation is 2. The van der Waals surface area contributed by atoms with E-state index in [2.05, 4.69) is 31.0 Å². The van der Waals surface area contributed by atoms with Crippen LogP contribution in [-0.2, 0) is 0 Å². The number of carbonyl (C=O) groups excluding carboxylic acids is 4. The summed E-state index contributed by atoms with van der Waals surface area (Å²) in [6.45, 7) is 3.78. The quantitative estimate of drug-likeness (QED) is 0.115. The summed E-state index contributed by atoms with van der Waals surface area (Å²) in [5.74, 6) is -0.166. The molecule has 16 nitrogen and oxygen atoms in total. The van der Waals surface area contributed by atoms with Gasteiger partial charge < -0.3 is 26.5 Å². The molecule has 4 aromatic carbocycles. The van der Waals surface area contributed by atoms with Crippen molar-refractivity contribution in [1.82, 2.24) is 40.4 Å². The van der Waals surface area contributed by atoms with Gasteiger partial charge in [0.25, 0.3) is 11.8 Å². The van der Waals surface area contributed by atoms with E-state index in [0.717, 1.165) is 36.8 Å². The molecule has 3 heterocycles. The first kappa shape index (κ1) is 39.6. The minimum Gasteiger partial charge on any atom is -0.423 e. The third kappa shape index (κ3) is 8.52. The van der Waals surface area contributed by atoms with Crippen LogP contribution in [0.1, 0.15) is 94.9 Å². The number of hydrogen-bond donors (Lipinski definition) is 4. The zero-order valence-electron chi connectivity index (χ0n) is 33.1. The smallest absolute Gasteiger partial charge is 0.251 e. The Morgan fingerprint density at radius 2 is 1.20 bits per heavy atom. The lowest BCUT2D eigenvalue weighted by Crippen LogP contribution is -2.25. The maximum atomic E-state index is 13.2. The van der Waals surface area contributed by atoms with Crippen LogP contribution >= 0.6 is 0 Å². The Bertz CT molecular complexity index is 2880. The van der Waals surface area contributed by atoms with Crippen LogP contribution in [-0.4, -0.2) is 65.2 Å². The third-order valence-electron chi connectivity index (χ3n) is 10.3. The maximum Gasteiger partial charge on any atom is 0.251 e. The molecular formula is C45H39N11O5. The lowest BCUT2D eigenvalue weighted by Gasteiger charge is -2.11.